The first-order valence-electron chi connectivity index (χ1n) is 10.2. The van der Waals surface area contributed by atoms with Crippen molar-refractivity contribution in [3.63, 3.8) is 0 Å². The molecule has 0 spiro atoms. The Kier molecular flexibility index (Phi) is 7.02. The summed E-state index contributed by atoms with van der Waals surface area (Å²) >= 11 is 0. The van der Waals surface area contributed by atoms with Gasteiger partial charge < -0.3 is 10.2 Å². The van der Waals surface area contributed by atoms with E-state index < -0.39 is 10.0 Å². The summed E-state index contributed by atoms with van der Waals surface area (Å²) in [5, 5.41) is 3.60. The van der Waals surface area contributed by atoms with Gasteiger partial charge in [0.2, 0.25) is 15.9 Å². The van der Waals surface area contributed by atoms with Crippen molar-refractivity contribution in [2.45, 2.75) is 61.9 Å². The van der Waals surface area contributed by atoms with Gasteiger partial charge in [0.05, 0.1) is 4.90 Å². The van der Waals surface area contributed by atoms with Crippen LogP contribution in [0.3, 0.4) is 0 Å². The first-order valence-corrected chi connectivity index (χ1v) is 11.6. The molecular weight excluding hydrogens is 398 g/mol. The average molecular weight is 428 g/mol. The number of fused-ring (bicyclic) bond motifs is 2. The number of nitrogens with zero attached hydrogens (tertiary/aromatic N) is 2. The van der Waals surface area contributed by atoms with E-state index in [4.69, 9.17) is 0 Å². The zero-order valence-electron chi connectivity index (χ0n) is 16.2. The molecule has 1 amide bonds. The van der Waals surface area contributed by atoms with Crippen LogP contribution in [0.2, 0.25) is 0 Å². The Morgan fingerprint density at radius 3 is 2.39 bits per heavy atom. The Morgan fingerprint density at radius 2 is 1.68 bits per heavy atom. The summed E-state index contributed by atoms with van der Waals surface area (Å²) < 4.78 is 26.7. The molecule has 156 valence electrons. The third-order valence-electron chi connectivity index (χ3n) is 6.13. The van der Waals surface area contributed by atoms with Crippen LogP contribution in [0.1, 0.15) is 44.1 Å². The van der Waals surface area contributed by atoms with Crippen LogP contribution < -0.4 is 5.32 Å². The van der Waals surface area contributed by atoms with Gasteiger partial charge in [0.1, 0.15) is 0 Å². The quantitative estimate of drug-likeness (QED) is 0.781. The summed E-state index contributed by atoms with van der Waals surface area (Å²) in [7, 11) is -3.36. The Hall–Kier alpha value is -1.15. The van der Waals surface area contributed by atoms with Crippen molar-refractivity contribution in [3.8, 4) is 0 Å². The van der Waals surface area contributed by atoms with Gasteiger partial charge in [-0.1, -0.05) is 12.1 Å². The van der Waals surface area contributed by atoms with E-state index >= 15 is 0 Å². The van der Waals surface area contributed by atoms with E-state index in [2.05, 4.69) is 5.32 Å². The molecule has 4 rings (SSSR count). The fourth-order valence-electron chi connectivity index (χ4n) is 4.48. The van der Waals surface area contributed by atoms with Crippen molar-refractivity contribution in [2.24, 2.45) is 0 Å². The molecule has 0 radical (unpaired) electrons. The summed E-state index contributed by atoms with van der Waals surface area (Å²) in [6.07, 6.45) is 6.46. The van der Waals surface area contributed by atoms with E-state index in [0.717, 1.165) is 37.9 Å². The number of rotatable bonds is 5. The van der Waals surface area contributed by atoms with Crippen molar-refractivity contribution in [2.75, 3.05) is 26.2 Å². The van der Waals surface area contributed by atoms with Crippen molar-refractivity contribution in [1.29, 1.82) is 0 Å². The predicted molar refractivity (Wildman–Crippen MR) is 111 cm³/mol. The maximum atomic E-state index is 12.6. The maximum Gasteiger partial charge on any atom is 0.243 e. The van der Waals surface area contributed by atoms with E-state index in [1.165, 1.54) is 12.8 Å². The van der Waals surface area contributed by atoms with Gasteiger partial charge in [-0.15, -0.1) is 12.4 Å². The minimum atomic E-state index is -3.36. The van der Waals surface area contributed by atoms with Crippen LogP contribution in [0.25, 0.3) is 0 Å². The number of carbonyl (C=O) groups is 1. The second kappa shape index (κ2) is 9.11. The number of hydrogen-bond acceptors (Lipinski definition) is 4. The molecule has 2 unspecified atom stereocenters. The zero-order chi connectivity index (χ0) is 18.9. The second-order valence-corrected chi connectivity index (χ2v) is 9.96. The molecule has 3 aliphatic heterocycles. The lowest BCUT2D eigenvalue weighted by Gasteiger charge is -2.24. The Morgan fingerprint density at radius 1 is 1.00 bits per heavy atom. The first-order chi connectivity index (χ1) is 13.0. The zero-order valence-corrected chi connectivity index (χ0v) is 17.8. The molecule has 1 aromatic carbocycles. The van der Waals surface area contributed by atoms with Gasteiger partial charge in [-0.2, -0.15) is 4.31 Å². The van der Waals surface area contributed by atoms with Gasteiger partial charge in [-0.3, -0.25) is 4.79 Å². The molecule has 3 fully saturated rings. The number of aryl methyl sites for hydroxylation is 1. The number of likely N-dealkylation sites (tertiary alicyclic amines) is 1. The molecule has 1 N–H and O–H groups in total. The van der Waals surface area contributed by atoms with Gasteiger partial charge in [-0.25, -0.2) is 8.42 Å². The van der Waals surface area contributed by atoms with E-state index in [1.807, 2.05) is 17.0 Å². The van der Waals surface area contributed by atoms with Gasteiger partial charge in [-0.05, 0) is 56.2 Å². The average Bonchev–Trinajstić information content (AvgIpc) is 3.30. The SMILES string of the molecule is Cl.O=C(CCc1ccc(S(=O)(=O)N2CCCC2)cc1)N1CCC2CCC(C1)N2. The molecule has 8 heteroatoms. The molecule has 2 atom stereocenters. The van der Waals surface area contributed by atoms with Crippen LogP contribution in [0.4, 0.5) is 0 Å². The number of benzene rings is 1. The highest BCUT2D eigenvalue weighted by molar-refractivity contribution is 7.89. The number of nitrogens with one attached hydrogen (secondary N) is 1. The Labute approximate surface area is 174 Å². The number of carbonyl (C=O) groups excluding carboxylic acids is 1. The highest BCUT2D eigenvalue weighted by atomic mass is 35.5. The van der Waals surface area contributed by atoms with Crippen LogP contribution in [0.15, 0.2) is 29.2 Å². The minimum Gasteiger partial charge on any atom is -0.341 e. The molecule has 3 heterocycles. The fraction of sp³-hybridized carbons (Fsp3) is 0.650. The summed E-state index contributed by atoms with van der Waals surface area (Å²) in [5.74, 6) is 0.207. The monoisotopic (exact) mass is 427 g/mol. The van der Waals surface area contributed by atoms with Gasteiger partial charge in [0, 0.05) is 44.7 Å². The molecule has 28 heavy (non-hydrogen) atoms. The summed E-state index contributed by atoms with van der Waals surface area (Å²) in [6, 6.07) is 8.10. The first kappa shape index (κ1) is 21.6. The summed E-state index contributed by atoms with van der Waals surface area (Å²) in [6.45, 7) is 2.90. The van der Waals surface area contributed by atoms with Crippen molar-refractivity contribution < 1.29 is 13.2 Å². The Balaban J connectivity index is 0.00000225. The minimum absolute atomic E-state index is 0. The number of hydrogen-bond donors (Lipinski definition) is 1. The molecule has 0 aromatic heterocycles. The summed E-state index contributed by atoms with van der Waals surface area (Å²) in [5.41, 5.74) is 1.01. The normalized spacial score (nSPS) is 25.4. The molecule has 3 aliphatic rings. The number of halogens is 1. The second-order valence-electron chi connectivity index (χ2n) is 8.02. The highest BCUT2D eigenvalue weighted by Crippen LogP contribution is 2.23. The van der Waals surface area contributed by atoms with E-state index in [0.29, 0.717) is 42.9 Å². The van der Waals surface area contributed by atoms with E-state index in [-0.39, 0.29) is 18.3 Å². The van der Waals surface area contributed by atoms with Crippen LogP contribution >= 0.6 is 12.4 Å². The molecule has 2 bridgehead atoms. The van der Waals surface area contributed by atoms with E-state index in [9.17, 15) is 13.2 Å². The van der Waals surface area contributed by atoms with Crippen molar-refractivity contribution in [3.05, 3.63) is 29.8 Å². The lowest BCUT2D eigenvalue weighted by Crippen LogP contribution is -2.39. The predicted octanol–water partition coefficient (Wildman–Crippen LogP) is 2.18. The van der Waals surface area contributed by atoms with Gasteiger partial charge in [0.25, 0.3) is 0 Å². The molecular formula is C20H30ClN3O3S. The van der Waals surface area contributed by atoms with E-state index in [1.54, 1.807) is 16.4 Å². The smallest absolute Gasteiger partial charge is 0.243 e. The third kappa shape index (κ3) is 4.70. The van der Waals surface area contributed by atoms with Crippen molar-refractivity contribution in [1.82, 2.24) is 14.5 Å². The van der Waals surface area contributed by atoms with Crippen LogP contribution in [0.5, 0.6) is 0 Å². The Bertz CT molecular complexity index is 778. The van der Waals surface area contributed by atoms with Crippen molar-refractivity contribution >= 4 is 28.3 Å². The lowest BCUT2D eigenvalue weighted by molar-refractivity contribution is -0.131. The number of sulfonamides is 1. The van der Waals surface area contributed by atoms with Crippen LogP contribution in [0, 0.1) is 0 Å². The lowest BCUT2D eigenvalue weighted by atomic mass is 10.1. The molecule has 6 nitrogen and oxygen atoms in total. The van der Waals surface area contributed by atoms with Gasteiger partial charge in [0.15, 0.2) is 0 Å². The third-order valence-corrected chi connectivity index (χ3v) is 8.04. The highest BCUT2D eigenvalue weighted by Gasteiger charge is 2.31. The topological polar surface area (TPSA) is 69.7 Å². The molecule has 0 aliphatic carbocycles. The largest absolute Gasteiger partial charge is 0.341 e. The van der Waals surface area contributed by atoms with Crippen LogP contribution in [-0.2, 0) is 21.2 Å². The van der Waals surface area contributed by atoms with Gasteiger partial charge >= 0.3 is 0 Å². The molecule has 1 aromatic rings. The summed E-state index contributed by atoms with van der Waals surface area (Å²) in [4.78, 5) is 15.0. The molecule has 3 saturated heterocycles. The maximum absolute atomic E-state index is 12.6. The molecule has 0 saturated carbocycles. The number of amides is 1. The van der Waals surface area contributed by atoms with Crippen LogP contribution in [-0.4, -0.2) is 61.8 Å². The fourth-order valence-corrected chi connectivity index (χ4v) is 6.00. The standard InChI is InChI=1S/C20H29N3O3S.ClH/c24-20(22-14-11-17-6-7-18(15-22)21-17)10-5-16-3-8-19(9-4-16)27(25,26)23-12-1-2-13-23;/h3-4,8-9,17-18,21H,1-2,5-7,10-15H2;1H.